The van der Waals surface area contributed by atoms with Gasteiger partial charge in [-0.3, -0.25) is 4.79 Å². The Hall–Kier alpha value is -1.49. The number of hydrogen-bond acceptors (Lipinski definition) is 4. The van der Waals surface area contributed by atoms with Gasteiger partial charge in [0.05, 0.1) is 24.3 Å². The molecule has 2 rings (SSSR count). The first-order chi connectivity index (χ1) is 8.22. The van der Waals surface area contributed by atoms with E-state index in [0.29, 0.717) is 0 Å². The Bertz CT molecular complexity index is 524. The van der Waals surface area contributed by atoms with Gasteiger partial charge in [0.2, 0.25) is 0 Å². The lowest BCUT2D eigenvalue weighted by Gasteiger charge is -2.08. The molecule has 1 unspecified atom stereocenters. The molecule has 0 saturated carbocycles. The third-order valence-electron chi connectivity index (χ3n) is 2.51. The van der Waals surface area contributed by atoms with Crippen LogP contribution in [0.3, 0.4) is 0 Å². The molecule has 0 aliphatic rings. The molecule has 0 aliphatic heterocycles. The van der Waals surface area contributed by atoms with Crippen LogP contribution in [0.1, 0.15) is 12.6 Å². The van der Waals surface area contributed by atoms with E-state index in [4.69, 9.17) is 0 Å². The summed E-state index contributed by atoms with van der Waals surface area (Å²) in [6.45, 7) is 1.85. The zero-order valence-electron chi connectivity index (χ0n) is 9.79. The molecule has 2 aromatic heterocycles. The Labute approximate surface area is 104 Å². The van der Waals surface area contributed by atoms with Crippen molar-refractivity contribution in [3.63, 3.8) is 0 Å². The Kier molecular flexibility index (Phi) is 3.68. The Morgan fingerprint density at radius 2 is 2.41 bits per heavy atom. The minimum Gasteiger partial charge on any atom is -0.468 e. The summed E-state index contributed by atoms with van der Waals surface area (Å²) in [5.74, 6) is 0.547. The van der Waals surface area contributed by atoms with Crippen molar-refractivity contribution >= 4 is 23.4 Å². The monoisotopic (exact) mass is 250 g/mol. The average molecular weight is 250 g/mol. The number of ether oxygens (including phenoxy) is 1. The molecule has 0 bridgehead atoms. The minimum atomic E-state index is -0.191. The summed E-state index contributed by atoms with van der Waals surface area (Å²) in [6.07, 6.45) is 3.81. The van der Waals surface area contributed by atoms with Crippen LogP contribution in [0.2, 0.25) is 0 Å². The highest BCUT2D eigenvalue weighted by molar-refractivity contribution is 7.99. The third-order valence-corrected chi connectivity index (χ3v) is 3.66. The summed E-state index contributed by atoms with van der Waals surface area (Å²) < 4.78 is 6.71. The maximum absolute atomic E-state index is 11.3. The molecule has 0 fully saturated rings. The first-order valence-corrected chi connectivity index (χ1v) is 6.37. The quantitative estimate of drug-likeness (QED) is 0.780. The molecule has 0 aromatic carbocycles. The highest BCUT2D eigenvalue weighted by atomic mass is 32.2. The number of rotatable bonds is 4. The van der Waals surface area contributed by atoms with Gasteiger partial charge in [-0.25, -0.2) is 4.98 Å². The highest BCUT2D eigenvalue weighted by Gasteiger charge is 2.14. The predicted octanol–water partition coefficient (Wildman–Crippen LogP) is 2.13. The lowest BCUT2D eigenvalue weighted by Crippen LogP contribution is -2.15. The number of imidazole rings is 1. The van der Waals surface area contributed by atoms with Gasteiger partial charge in [-0.15, -0.1) is 11.8 Å². The molecule has 0 radical (unpaired) electrons. The van der Waals surface area contributed by atoms with Gasteiger partial charge in [-0.2, -0.15) is 0 Å². The molecule has 0 N–H and O–H groups in total. The number of aromatic nitrogens is 2. The fourth-order valence-electron chi connectivity index (χ4n) is 1.54. The number of carbonyl (C=O) groups is 1. The van der Waals surface area contributed by atoms with Crippen LogP contribution in [0, 0.1) is 0 Å². The van der Waals surface area contributed by atoms with E-state index in [1.807, 2.05) is 41.9 Å². The zero-order chi connectivity index (χ0) is 12.3. The fourth-order valence-corrected chi connectivity index (χ4v) is 2.40. The Morgan fingerprint density at radius 1 is 1.59 bits per heavy atom. The Balaban J connectivity index is 2.07. The number of carbonyl (C=O) groups excluding carboxylic acids is 1. The summed E-state index contributed by atoms with van der Waals surface area (Å²) in [4.78, 5) is 15.6. The molecule has 2 heterocycles. The second-order valence-electron chi connectivity index (χ2n) is 3.65. The number of thioether (sulfide) groups is 1. The van der Waals surface area contributed by atoms with E-state index in [-0.39, 0.29) is 11.2 Å². The smallest absolute Gasteiger partial charge is 0.318 e. The van der Waals surface area contributed by atoms with Gasteiger partial charge < -0.3 is 9.14 Å². The van der Waals surface area contributed by atoms with Gasteiger partial charge in [-0.05, 0) is 19.1 Å². The SMILES string of the molecule is COC(=O)C(C)SCc1cnc2ccccn12. The van der Waals surface area contributed by atoms with Crippen LogP contribution in [0.15, 0.2) is 30.6 Å². The van der Waals surface area contributed by atoms with Crippen molar-refractivity contribution in [2.24, 2.45) is 0 Å². The summed E-state index contributed by atoms with van der Waals surface area (Å²) in [5, 5.41) is -0.158. The summed E-state index contributed by atoms with van der Waals surface area (Å²) in [5.41, 5.74) is 2.01. The van der Waals surface area contributed by atoms with Crippen molar-refractivity contribution in [2.75, 3.05) is 7.11 Å². The van der Waals surface area contributed by atoms with E-state index in [1.54, 1.807) is 11.8 Å². The lowest BCUT2D eigenvalue weighted by atomic mass is 10.4. The second-order valence-corrected chi connectivity index (χ2v) is 4.98. The topological polar surface area (TPSA) is 43.6 Å². The molecule has 5 heteroatoms. The first kappa shape index (κ1) is 12.0. The fraction of sp³-hybridized carbons (Fsp3) is 0.333. The molecule has 2 aromatic rings. The minimum absolute atomic E-state index is 0.158. The van der Waals surface area contributed by atoms with E-state index in [2.05, 4.69) is 9.72 Å². The van der Waals surface area contributed by atoms with Crippen LogP contribution in [0.25, 0.3) is 5.65 Å². The predicted molar refractivity (Wildman–Crippen MR) is 68.0 cm³/mol. The lowest BCUT2D eigenvalue weighted by molar-refractivity contribution is -0.139. The van der Waals surface area contributed by atoms with Crippen molar-refractivity contribution in [2.45, 2.75) is 17.9 Å². The number of esters is 1. The summed E-state index contributed by atoms with van der Waals surface area (Å²) >= 11 is 1.55. The molecule has 90 valence electrons. The van der Waals surface area contributed by atoms with Crippen molar-refractivity contribution in [1.82, 2.24) is 9.38 Å². The van der Waals surface area contributed by atoms with E-state index in [9.17, 15) is 4.79 Å². The Morgan fingerprint density at radius 3 is 3.18 bits per heavy atom. The van der Waals surface area contributed by atoms with E-state index >= 15 is 0 Å². The van der Waals surface area contributed by atoms with Crippen LogP contribution in [-0.4, -0.2) is 27.7 Å². The van der Waals surface area contributed by atoms with Crippen molar-refractivity contribution in [3.8, 4) is 0 Å². The van der Waals surface area contributed by atoms with Crippen molar-refractivity contribution < 1.29 is 9.53 Å². The van der Waals surface area contributed by atoms with Gasteiger partial charge in [0.1, 0.15) is 5.65 Å². The van der Waals surface area contributed by atoms with Crippen LogP contribution in [0.4, 0.5) is 0 Å². The van der Waals surface area contributed by atoms with E-state index in [1.165, 1.54) is 7.11 Å². The van der Waals surface area contributed by atoms with E-state index in [0.717, 1.165) is 17.1 Å². The average Bonchev–Trinajstić information content (AvgIpc) is 2.78. The van der Waals surface area contributed by atoms with Gasteiger partial charge in [0, 0.05) is 11.9 Å². The molecule has 0 amide bonds. The number of fused-ring (bicyclic) bond motifs is 1. The van der Waals surface area contributed by atoms with E-state index < -0.39 is 0 Å². The second kappa shape index (κ2) is 5.23. The highest BCUT2D eigenvalue weighted by Crippen LogP contribution is 2.19. The third kappa shape index (κ3) is 2.61. The molecule has 0 saturated heterocycles. The molecule has 0 spiro atoms. The standard InChI is InChI=1S/C12H14N2O2S/c1-9(12(15)16-2)17-8-10-7-13-11-5-3-4-6-14(10)11/h3-7,9H,8H2,1-2H3. The van der Waals surface area contributed by atoms with Gasteiger partial charge in [0.25, 0.3) is 0 Å². The summed E-state index contributed by atoms with van der Waals surface area (Å²) in [6, 6.07) is 5.88. The molecule has 17 heavy (non-hydrogen) atoms. The number of pyridine rings is 1. The molecular weight excluding hydrogens is 236 g/mol. The number of nitrogens with zero attached hydrogens (tertiary/aromatic N) is 2. The van der Waals surface area contributed by atoms with Crippen LogP contribution < -0.4 is 0 Å². The zero-order valence-corrected chi connectivity index (χ0v) is 10.6. The molecule has 0 aliphatic carbocycles. The summed E-state index contributed by atoms with van der Waals surface area (Å²) in [7, 11) is 1.41. The van der Waals surface area contributed by atoms with Crippen LogP contribution >= 0.6 is 11.8 Å². The number of methoxy groups -OCH3 is 1. The molecular formula is C12H14N2O2S. The van der Waals surface area contributed by atoms with Gasteiger partial charge in [0.15, 0.2) is 0 Å². The van der Waals surface area contributed by atoms with Gasteiger partial charge in [-0.1, -0.05) is 6.07 Å². The first-order valence-electron chi connectivity index (χ1n) is 5.33. The van der Waals surface area contributed by atoms with Gasteiger partial charge >= 0.3 is 5.97 Å². The molecule has 4 nitrogen and oxygen atoms in total. The van der Waals surface area contributed by atoms with Crippen LogP contribution in [0.5, 0.6) is 0 Å². The van der Waals surface area contributed by atoms with Crippen molar-refractivity contribution in [3.05, 3.63) is 36.3 Å². The van der Waals surface area contributed by atoms with Crippen LogP contribution in [-0.2, 0) is 15.3 Å². The molecule has 1 atom stereocenters. The maximum Gasteiger partial charge on any atom is 0.318 e. The number of hydrogen-bond donors (Lipinski definition) is 0. The maximum atomic E-state index is 11.3. The van der Waals surface area contributed by atoms with Crippen molar-refractivity contribution in [1.29, 1.82) is 0 Å². The largest absolute Gasteiger partial charge is 0.468 e. The normalized spacial score (nSPS) is 12.6.